The average molecular weight is 569 g/mol. The van der Waals surface area contributed by atoms with E-state index in [9.17, 15) is 44.2 Å². The van der Waals surface area contributed by atoms with Gasteiger partial charge in [0.05, 0.1) is 13.2 Å². The Balaban J connectivity index is 0.000000215. The molecule has 4 rings (SSSR count). The van der Waals surface area contributed by atoms with Crippen LogP contribution in [0, 0.1) is 0 Å². The standard InChI is InChI=1S/C9H13N2O9P.C8H11N3O6/c12-5-1-2-11(9(15)10-5)8-7(14)6(13)4(20-8)3-19-21(16,17)18;12-2-3-5(14)6(15)7(17-3)11-8(16)10-4(13)1-9-11/h1-2,4,6-8,13-14H,3H2,(H,10,12,15)(H2,16,17,18);1,3,5-7,12,14-15H,2H2,(H,10,13,16)/t4-,6-,7-,8-;3-,5-,6-,7-/m11/s1. The molecule has 2 aliphatic rings. The molecule has 212 valence electrons. The van der Waals surface area contributed by atoms with Gasteiger partial charge in [0.15, 0.2) is 12.5 Å². The number of aromatic amines is 2. The topological polar surface area (TPSA) is 309 Å². The molecule has 0 saturated carbocycles. The maximum Gasteiger partial charge on any atom is 0.469 e. The fourth-order valence-electron chi connectivity index (χ4n) is 3.52. The molecule has 9 N–H and O–H groups in total. The minimum atomic E-state index is -4.76. The number of phosphoric acid groups is 1. The quantitative estimate of drug-likeness (QED) is 0.146. The summed E-state index contributed by atoms with van der Waals surface area (Å²) in [4.78, 5) is 65.8. The number of nitrogens with zero attached hydrogens (tertiary/aromatic N) is 3. The third kappa shape index (κ3) is 6.76. The van der Waals surface area contributed by atoms with Crippen molar-refractivity contribution < 1.29 is 53.9 Å². The molecule has 38 heavy (non-hydrogen) atoms. The van der Waals surface area contributed by atoms with E-state index < -0.39 is 92.6 Å². The molecule has 0 amide bonds. The zero-order chi connectivity index (χ0) is 28.4. The van der Waals surface area contributed by atoms with Crippen LogP contribution in [0.1, 0.15) is 12.5 Å². The van der Waals surface area contributed by atoms with Crippen LogP contribution in [-0.2, 0) is 18.6 Å². The first-order chi connectivity index (χ1) is 17.7. The zero-order valence-electron chi connectivity index (χ0n) is 19.0. The first kappa shape index (κ1) is 29.7. The summed E-state index contributed by atoms with van der Waals surface area (Å²) < 4.78 is 26.6. The van der Waals surface area contributed by atoms with Crippen LogP contribution in [0.5, 0.6) is 0 Å². The molecule has 2 aromatic rings. The number of nitrogens with one attached hydrogen (secondary N) is 2. The van der Waals surface area contributed by atoms with E-state index >= 15 is 0 Å². The lowest BCUT2D eigenvalue weighted by molar-refractivity contribution is -0.0618. The average Bonchev–Trinajstić information content (AvgIpc) is 3.28. The molecule has 2 fully saturated rings. The highest BCUT2D eigenvalue weighted by Gasteiger charge is 2.45. The number of ether oxygens (including phenoxy) is 2. The molecular weight excluding hydrogens is 545 g/mol. The van der Waals surface area contributed by atoms with Crippen molar-refractivity contribution in [1.29, 1.82) is 0 Å². The van der Waals surface area contributed by atoms with Crippen LogP contribution in [0.25, 0.3) is 0 Å². The number of hydrogen-bond donors (Lipinski definition) is 9. The van der Waals surface area contributed by atoms with Crippen molar-refractivity contribution in [3.63, 3.8) is 0 Å². The van der Waals surface area contributed by atoms with Gasteiger partial charge in [0, 0.05) is 12.3 Å². The van der Waals surface area contributed by atoms with E-state index in [4.69, 9.17) is 24.4 Å². The molecule has 4 heterocycles. The number of rotatable bonds is 6. The van der Waals surface area contributed by atoms with E-state index in [0.717, 1.165) is 23.0 Å². The third-order valence-corrected chi connectivity index (χ3v) is 5.85. The van der Waals surface area contributed by atoms with E-state index in [1.807, 2.05) is 9.97 Å². The van der Waals surface area contributed by atoms with Gasteiger partial charge in [0.25, 0.3) is 11.1 Å². The minimum Gasteiger partial charge on any atom is -0.394 e. The summed E-state index contributed by atoms with van der Waals surface area (Å²) in [5.41, 5.74) is -3.06. The molecule has 0 bridgehead atoms. The number of aliphatic hydroxyl groups excluding tert-OH is 5. The maximum atomic E-state index is 11.6. The highest BCUT2D eigenvalue weighted by Crippen LogP contribution is 2.38. The van der Waals surface area contributed by atoms with Gasteiger partial charge in [-0.15, -0.1) is 0 Å². The highest BCUT2D eigenvalue weighted by molar-refractivity contribution is 7.46. The second-order valence-electron chi connectivity index (χ2n) is 7.96. The van der Waals surface area contributed by atoms with Gasteiger partial charge in [-0.2, -0.15) is 9.78 Å². The van der Waals surface area contributed by atoms with Crippen molar-refractivity contribution in [3.8, 4) is 0 Å². The number of phosphoric ester groups is 1. The van der Waals surface area contributed by atoms with Crippen LogP contribution in [0.2, 0.25) is 0 Å². The van der Waals surface area contributed by atoms with Crippen molar-refractivity contribution >= 4 is 7.82 Å². The fraction of sp³-hybridized carbons (Fsp3) is 0.588. The molecule has 2 saturated heterocycles. The first-order valence-corrected chi connectivity index (χ1v) is 12.1. The predicted molar refractivity (Wildman–Crippen MR) is 117 cm³/mol. The fourth-order valence-corrected chi connectivity index (χ4v) is 3.86. The molecule has 2 aromatic heterocycles. The second kappa shape index (κ2) is 11.9. The van der Waals surface area contributed by atoms with Crippen molar-refractivity contribution in [3.05, 3.63) is 60.1 Å². The summed E-state index contributed by atoms with van der Waals surface area (Å²) in [5, 5.41) is 51.0. The molecule has 0 unspecified atom stereocenters. The Labute approximate surface area is 209 Å². The number of hydrogen-bond acceptors (Lipinski definition) is 14. The molecule has 0 aliphatic carbocycles. The highest BCUT2D eigenvalue weighted by atomic mass is 31.2. The number of aromatic nitrogens is 5. The van der Waals surface area contributed by atoms with E-state index in [-0.39, 0.29) is 0 Å². The van der Waals surface area contributed by atoms with E-state index in [1.165, 1.54) is 0 Å². The van der Waals surface area contributed by atoms with Crippen LogP contribution in [0.4, 0.5) is 0 Å². The zero-order valence-corrected chi connectivity index (χ0v) is 19.8. The van der Waals surface area contributed by atoms with Gasteiger partial charge in [-0.05, 0) is 0 Å². The summed E-state index contributed by atoms with van der Waals surface area (Å²) in [6, 6.07) is 1.02. The molecule has 0 aromatic carbocycles. The van der Waals surface area contributed by atoms with E-state index in [0.29, 0.717) is 4.68 Å². The summed E-state index contributed by atoms with van der Waals surface area (Å²) in [5.74, 6) is 0. The molecule has 21 heteroatoms. The van der Waals surface area contributed by atoms with Crippen LogP contribution >= 0.6 is 7.82 Å². The summed E-state index contributed by atoms with van der Waals surface area (Å²) in [6.07, 6.45) is -8.73. The molecule has 20 nitrogen and oxygen atoms in total. The summed E-state index contributed by atoms with van der Waals surface area (Å²) >= 11 is 0. The van der Waals surface area contributed by atoms with Gasteiger partial charge in [-0.25, -0.2) is 14.2 Å². The van der Waals surface area contributed by atoms with Gasteiger partial charge < -0.3 is 44.8 Å². The Morgan fingerprint density at radius 1 is 0.895 bits per heavy atom. The Kier molecular flexibility index (Phi) is 9.28. The smallest absolute Gasteiger partial charge is 0.394 e. The van der Waals surface area contributed by atoms with Crippen molar-refractivity contribution in [1.82, 2.24) is 24.3 Å². The van der Waals surface area contributed by atoms with E-state index in [2.05, 4.69) is 9.62 Å². The molecule has 0 spiro atoms. The monoisotopic (exact) mass is 569 g/mol. The first-order valence-electron chi connectivity index (χ1n) is 10.6. The van der Waals surface area contributed by atoms with Crippen LogP contribution in [0.3, 0.4) is 0 Å². The number of aliphatic hydroxyl groups is 5. The molecular formula is C17H24N5O15P. The third-order valence-electron chi connectivity index (χ3n) is 5.37. The van der Waals surface area contributed by atoms with Gasteiger partial charge >= 0.3 is 19.2 Å². The van der Waals surface area contributed by atoms with Crippen molar-refractivity contribution in [2.24, 2.45) is 0 Å². The lowest BCUT2D eigenvalue weighted by Gasteiger charge is -2.16. The molecule has 0 radical (unpaired) electrons. The second-order valence-corrected chi connectivity index (χ2v) is 9.20. The van der Waals surface area contributed by atoms with E-state index in [1.54, 1.807) is 0 Å². The van der Waals surface area contributed by atoms with Crippen LogP contribution in [-0.4, -0.2) is 109 Å². The SMILES string of the molecule is O=c1ccn([C@@H]2O[C@H](COP(=O)(O)O)[C@@H](O)[C@H]2O)c(=O)[nH]1.O=c1cnn([C@@H]2O[C@H](CO)[C@@H](O)[C@H]2O)c(=O)[nH]1. The van der Waals surface area contributed by atoms with Gasteiger partial charge in [0.1, 0.15) is 42.8 Å². The predicted octanol–water partition coefficient (Wildman–Crippen LogP) is -6.19. The van der Waals surface area contributed by atoms with Crippen LogP contribution in [0.15, 0.2) is 37.6 Å². The lowest BCUT2D eigenvalue weighted by atomic mass is 10.1. The van der Waals surface area contributed by atoms with Gasteiger partial charge in [-0.3, -0.25) is 28.6 Å². The van der Waals surface area contributed by atoms with Crippen molar-refractivity contribution in [2.75, 3.05) is 13.2 Å². The Morgan fingerprint density at radius 3 is 2.03 bits per heavy atom. The molecule has 8 atom stereocenters. The maximum absolute atomic E-state index is 11.6. The Bertz CT molecular complexity index is 1380. The minimum absolute atomic E-state index is 0.507. The molecule has 2 aliphatic heterocycles. The number of H-pyrrole nitrogens is 2. The Morgan fingerprint density at radius 2 is 1.47 bits per heavy atom. The van der Waals surface area contributed by atoms with Crippen LogP contribution < -0.4 is 22.5 Å². The largest absolute Gasteiger partial charge is 0.469 e. The summed E-state index contributed by atoms with van der Waals surface area (Å²) in [6.45, 7) is -1.19. The Hall–Kier alpha value is -2.88. The van der Waals surface area contributed by atoms with Crippen molar-refractivity contribution in [2.45, 2.75) is 49.1 Å². The lowest BCUT2D eigenvalue weighted by Crippen LogP contribution is -2.39. The summed E-state index contributed by atoms with van der Waals surface area (Å²) in [7, 11) is -4.76. The normalized spacial score (nSPS) is 31.1. The van der Waals surface area contributed by atoms with Gasteiger partial charge in [-0.1, -0.05) is 0 Å². The van der Waals surface area contributed by atoms with Gasteiger partial charge in [0.2, 0.25) is 0 Å².